The Bertz CT molecular complexity index is 697. The van der Waals surface area contributed by atoms with Crippen LogP contribution in [0.5, 0.6) is 0 Å². The molecule has 3 rings (SSSR count). The van der Waals surface area contributed by atoms with Crippen LogP contribution in [0.3, 0.4) is 0 Å². The van der Waals surface area contributed by atoms with E-state index in [1.807, 2.05) is 48.5 Å². The summed E-state index contributed by atoms with van der Waals surface area (Å²) in [7, 11) is 0. The Kier molecular flexibility index (Phi) is 4.07. The molecule has 0 amide bonds. The number of rotatable bonds is 4. The lowest BCUT2D eigenvalue weighted by Gasteiger charge is -2.06. The molecule has 1 N–H and O–H groups in total. The Morgan fingerprint density at radius 1 is 0.857 bits per heavy atom. The molecule has 0 spiro atoms. The maximum atomic E-state index is 5.87. The molecule has 0 bridgehead atoms. The van der Waals surface area contributed by atoms with E-state index >= 15 is 0 Å². The van der Waals surface area contributed by atoms with Crippen molar-refractivity contribution in [1.82, 2.24) is 15.2 Å². The third-order valence-corrected chi connectivity index (χ3v) is 3.28. The molecule has 0 radical (unpaired) electrons. The largest absolute Gasteiger partial charge is 0.365 e. The van der Waals surface area contributed by atoms with Gasteiger partial charge in [-0.1, -0.05) is 23.7 Å². The van der Waals surface area contributed by atoms with Crippen molar-refractivity contribution in [3.8, 4) is 11.3 Å². The van der Waals surface area contributed by atoms with Gasteiger partial charge >= 0.3 is 0 Å². The summed E-state index contributed by atoms with van der Waals surface area (Å²) < 4.78 is 0. The molecule has 0 aliphatic carbocycles. The lowest BCUT2D eigenvalue weighted by Crippen LogP contribution is -2.02. The van der Waals surface area contributed by atoms with Crippen molar-refractivity contribution in [3.63, 3.8) is 0 Å². The summed E-state index contributed by atoms with van der Waals surface area (Å²) in [4.78, 5) is 3.99. The van der Waals surface area contributed by atoms with Crippen molar-refractivity contribution in [2.45, 2.75) is 6.54 Å². The van der Waals surface area contributed by atoms with Crippen LogP contribution in [0.1, 0.15) is 5.56 Å². The predicted octanol–water partition coefficient (Wildman–Crippen LogP) is 3.80. The van der Waals surface area contributed by atoms with Crippen molar-refractivity contribution >= 4 is 17.4 Å². The van der Waals surface area contributed by atoms with Crippen LogP contribution in [0.2, 0.25) is 5.02 Å². The van der Waals surface area contributed by atoms with E-state index in [1.165, 1.54) is 0 Å². The van der Waals surface area contributed by atoms with Gasteiger partial charge in [0.05, 0.1) is 5.69 Å². The number of nitrogens with zero attached hydrogens (tertiary/aromatic N) is 3. The molecule has 0 aliphatic rings. The molecule has 1 aromatic carbocycles. The van der Waals surface area contributed by atoms with Gasteiger partial charge in [-0.2, -0.15) is 0 Å². The zero-order valence-corrected chi connectivity index (χ0v) is 12.0. The van der Waals surface area contributed by atoms with Gasteiger partial charge in [-0.05, 0) is 42.0 Å². The Morgan fingerprint density at radius 2 is 1.62 bits per heavy atom. The molecule has 5 heteroatoms. The highest BCUT2D eigenvalue weighted by Gasteiger charge is 2.01. The van der Waals surface area contributed by atoms with Crippen molar-refractivity contribution in [2.75, 3.05) is 5.32 Å². The number of aromatic nitrogens is 3. The summed E-state index contributed by atoms with van der Waals surface area (Å²) in [6.07, 6.45) is 3.54. The molecular formula is C16H13ClN4. The van der Waals surface area contributed by atoms with Gasteiger partial charge in [0.2, 0.25) is 0 Å². The van der Waals surface area contributed by atoms with E-state index in [1.54, 1.807) is 12.4 Å². The van der Waals surface area contributed by atoms with Crippen LogP contribution in [0.4, 0.5) is 5.82 Å². The first-order valence-electron chi connectivity index (χ1n) is 6.54. The smallest absolute Gasteiger partial charge is 0.148 e. The van der Waals surface area contributed by atoms with Crippen molar-refractivity contribution in [1.29, 1.82) is 0 Å². The van der Waals surface area contributed by atoms with Crippen LogP contribution in [-0.4, -0.2) is 15.2 Å². The van der Waals surface area contributed by atoms with Crippen molar-refractivity contribution < 1.29 is 0 Å². The van der Waals surface area contributed by atoms with Gasteiger partial charge in [0.15, 0.2) is 0 Å². The summed E-state index contributed by atoms with van der Waals surface area (Å²) in [6.45, 7) is 0.692. The molecule has 0 aliphatic heterocycles. The van der Waals surface area contributed by atoms with Gasteiger partial charge in [0.25, 0.3) is 0 Å². The van der Waals surface area contributed by atoms with Crippen LogP contribution in [0, 0.1) is 0 Å². The fraction of sp³-hybridized carbons (Fsp3) is 0.0625. The van der Waals surface area contributed by atoms with Gasteiger partial charge in [-0.3, -0.25) is 4.98 Å². The molecule has 4 nitrogen and oxygen atoms in total. The number of nitrogens with one attached hydrogen (secondary N) is 1. The highest BCUT2D eigenvalue weighted by molar-refractivity contribution is 6.30. The molecule has 0 saturated carbocycles. The average molecular weight is 297 g/mol. The molecular weight excluding hydrogens is 284 g/mol. The SMILES string of the molecule is Clc1ccc(-c2ccc(NCc3ccncc3)nn2)cc1. The molecule has 21 heavy (non-hydrogen) atoms. The first-order valence-corrected chi connectivity index (χ1v) is 6.91. The molecule has 0 atom stereocenters. The van der Waals surface area contributed by atoms with E-state index in [9.17, 15) is 0 Å². The number of anilines is 1. The lowest BCUT2D eigenvalue weighted by molar-refractivity contribution is 1.00. The molecule has 104 valence electrons. The fourth-order valence-corrected chi connectivity index (χ4v) is 2.02. The van der Waals surface area contributed by atoms with Crippen LogP contribution in [0.25, 0.3) is 11.3 Å². The Morgan fingerprint density at radius 3 is 2.29 bits per heavy atom. The first kappa shape index (κ1) is 13.5. The molecule has 0 unspecified atom stereocenters. The summed E-state index contributed by atoms with van der Waals surface area (Å²) in [5, 5.41) is 12.3. The maximum absolute atomic E-state index is 5.87. The third kappa shape index (κ3) is 3.55. The molecule has 3 aromatic rings. The summed E-state index contributed by atoms with van der Waals surface area (Å²) >= 11 is 5.87. The topological polar surface area (TPSA) is 50.7 Å². The minimum atomic E-state index is 0.692. The highest BCUT2D eigenvalue weighted by atomic mass is 35.5. The van der Waals surface area contributed by atoms with Crippen LogP contribution >= 0.6 is 11.6 Å². The Labute approximate surface area is 127 Å². The summed E-state index contributed by atoms with van der Waals surface area (Å²) in [6, 6.07) is 15.3. The molecule has 0 fully saturated rings. The normalized spacial score (nSPS) is 10.3. The number of benzene rings is 1. The summed E-state index contributed by atoms with van der Waals surface area (Å²) in [5.41, 5.74) is 2.96. The van der Waals surface area contributed by atoms with E-state index in [0.717, 1.165) is 22.6 Å². The van der Waals surface area contributed by atoms with Gasteiger partial charge < -0.3 is 5.32 Å². The third-order valence-electron chi connectivity index (χ3n) is 3.03. The number of hydrogen-bond donors (Lipinski definition) is 1. The number of hydrogen-bond acceptors (Lipinski definition) is 4. The Hall–Kier alpha value is -2.46. The van der Waals surface area contributed by atoms with Gasteiger partial charge in [0, 0.05) is 29.5 Å². The van der Waals surface area contributed by atoms with E-state index in [2.05, 4.69) is 20.5 Å². The van der Waals surface area contributed by atoms with Gasteiger partial charge in [0.1, 0.15) is 5.82 Å². The maximum Gasteiger partial charge on any atom is 0.148 e. The first-order chi connectivity index (χ1) is 10.3. The summed E-state index contributed by atoms with van der Waals surface area (Å²) in [5.74, 6) is 0.740. The van der Waals surface area contributed by atoms with Gasteiger partial charge in [-0.15, -0.1) is 10.2 Å². The second-order valence-corrected chi connectivity index (χ2v) is 4.96. The lowest BCUT2D eigenvalue weighted by atomic mass is 10.1. The van der Waals surface area contributed by atoms with Crippen LogP contribution in [-0.2, 0) is 6.54 Å². The zero-order chi connectivity index (χ0) is 14.5. The van der Waals surface area contributed by atoms with E-state index < -0.39 is 0 Å². The van der Waals surface area contributed by atoms with Crippen molar-refractivity contribution in [3.05, 3.63) is 71.5 Å². The average Bonchev–Trinajstić information content (AvgIpc) is 2.55. The standard InChI is InChI=1S/C16H13ClN4/c17-14-3-1-13(2-4-14)15-5-6-16(21-20-15)19-11-12-7-9-18-10-8-12/h1-10H,11H2,(H,19,21). The van der Waals surface area contributed by atoms with E-state index in [4.69, 9.17) is 11.6 Å². The zero-order valence-electron chi connectivity index (χ0n) is 11.2. The van der Waals surface area contributed by atoms with E-state index in [-0.39, 0.29) is 0 Å². The van der Waals surface area contributed by atoms with Crippen LogP contribution in [0.15, 0.2) is 60.9 Å². The quantitative estimate of drug-likeness (QED) is 0.795. The van der Waals surface area contributed by atoms with Crippen molar-refractivity contribution in [2.24, 2.45) is 0 Å². The van der Waals surface area contributed by atoms with E-state index in [0.29, 0.717) is 11.6 Å². The monoisotopic (exact) mass is 296 g/mol. The second-order valence-electron chi connectivity index (χ2n) is 4.52. The number of halogens is 1. The minimum Gasteiger partial charge on any atom is -0.365 e. The van der Waals surface area contributed by atoms with Gasteiger partial charge in [-0.25, -0.2) is 0 Å². The van der Waals surface area contributed by atoms with Crippen LogP contribution < -0.4 is 5.32 Å². The Balaban J connectivity index is 1.68. The molecule has 0 saturated heterocycles. The fourth-order valence-electron chi connectivity index (χ4n) is 1.89. The highest BCUT2D eigenvalue weighted by Crippen LogP contribution is 2.19. The molecule has 2 aromatic heterocycles. The number of pyridine rings is 1. The minimum absolute atomic E-state index is 0.692. The second kappa shape index (κ2) is 6.33. The predicted molar refractivity (Wildman–Crippen MR) is 84.0 cm³/mol. The molecule has 2 heterocycles.